The zero-order chi connectivity index (χ0) is 18.6. The fourth-order valence-corrected chi connectivity index (χ4v) is 4.98. The molecule has 1 aromatic heterocycles. The first-order valence-electron chi connectivity index (χ1n) is 10.7. The van der Waals surface area contributed by atoms with E-state index in [1.54, 1.807) is 0 Å². The first kappa shape index (κ1) is 18.7. The SMILES string of the molecule is CCn1ncc(CN2C[C@H]3CC[C@@H]2CN(CCCc2ccccc2)C3)c1C. The maximum Gasteiger partial charge on any atom is 0.0537 e. The molecule has 4 heterocycles. The van der Waals surface area contributed by atoms with E-state index < -0.39 is 0 Å². The lowest BCUT2D eigenvalue weighted by Crippen LogP contribution is -2.43. The van der Waals surface area contributed by atoms with Crippen molar-refractivity contribution < 1.29 is 0 Å². The van der Waals surface area contributed by atoms with Crippen molar-refractivity contribution in [2.24, 2.45) is 5.92 Å². The van der Waals surface area contributed by atoms with Crippen molar-refractivity contribution in [3.8, 4) is 0 Å². The van der Waals surface area contributed by atoms with Gasteiger partial charge in [0.25, 0.3) is 0 Å². The summed E-state index contributed by atoms with van der Waals surface area (Å²) in [5.74, 6) is 0.835. The maximum absolute atomic E-state index is 4.55. The molecule has 4 heteroatoms. The highest BCUT2D eigenvalue weighted by Crippen LogP contribution is 2.29. The van der Waals surface area contributed by atoms with Gasteiger partial charge in [0.2, 0.25) is 0 Å². The van der Waals surface area contributed by atoms with E-state index in [0.29, 0.717) is 6.04 Å². The summed E-state index contributed by atoms with van der Waals surface area (Å²) in [5, 5.41) is 4.55. The van der Waals surface area contributed by atoms with Gasteiger partial charge in [-0.05, 0) is 57.6 Å². The maximum atomic E-state index is 4.55. The van der Waals surface area contributed by atoms with Gasteiger partial charge in [-0.2, -0.15) is 5.10 Å². The van der Waals surface area contributed by atoms with Crippen LogP contribution in [0.4, 0.5) is 0 Å². The van der Waals surface area contributed by atoms with Gasteiger partial charge in [0.15, 0.2) is 0 Å². The van der Waals surface area contributed by atoms with E-state index >= 15 is 0 Å². The summed E-state index contributed by atoms with van der Waals surface area (Å²) >= 11 is 0. The third-order valence-electron chi connectivity index (χ3n) is 6.56. The number of rotatable bonds is 7. The Kier molecular flexibility index (Phi) is 5.94. The number of hydrogen-bond donors (Lipinski definition) is 0. The molecule has 0 saturated carbocycles. The summed E-state index contributed by atoms with van der Waals surface area (Å²) in [6.07, 6.45) is 7.33. The largest absolute Gasteiger partial charge is 0.301 e. The minimum Gasteiger partial charge on any atom is -0.301 e. The van der Waals surface area contributed by atoms with Crippen molar-refractivity contribution in [3.05, 3.63) is 53.3 Å². The lowest BCUT2D eigenvalue weighted by Gasteiger charge is -2.36. The van der Waals surface area contributed by atoms with Crippen LogP contribution in [0.3, 0.4) is 0 Å². The van der Waals surface area contributed by atoms with Crippen LogP contribution in [-0.4, -0.2) is 51.8 Å². The molecular weight excluding hydrogens is 332 g/mol. The smallest absolute Gasteiger partial charge is 0.0537 e. The van der Waals surface area contributed by atoms with Crippen LogP contribution < -0.4 is 0 Å². The Labute approximate surface area is 164 Å². The van der Waals surface area contributed by atoms with Gasteiger partial charge in [0.1, 0.15) is 0 Å². The highest BCUT2D eigenvalue weighted by molar-refractivity contribution is 5.17. The molecule has 5 rings (SSSR count). The van der Waals surface area contributed by atoms with Gasteiger partial charge in [-0.1, -0.05) is 30.3 Å². The minimum absolute atomic E-state index is 0.713. The highest BCUT2D eigenvalue weighted by Gasteiger charge is 2.34. The van der Waals surface area contributed by atoms with Crippen LogP contribution in [-0.2, 0) is 19.5 Å². The van der Waals surface area contributed by atoms with E-state index in [2.05, 4.69) is 70.0 Å². The molecule has 2 atom stereocenters. The second-order valence-corrected chi connectivity index (χ2v) is 8.45. The van der Waals surface area contributed by atoms with Crippen molar-refractivity contribution in [2.75, 3.05) is 26.2 Å². The molecule has 0 spiro atoms. The Bertz CT molecular complexity index is 723. The minimum atomic E-state index is 0.713. The first-order valence-corrected chi connectivity index (χ1v) is 10.7. The molecule has 4 nitrogen and oxygen atoms in total. The summed E-state index contributed by atoms with van der Waals surface area (Å²) in [6.45, 7) is 11.5. The van der Waals surface area contributed by atoms with Gasteiger partial charge < -0.3 is 4.90 Å². The molecule has 27 heavy (non-hydrogen) atoms. The number of fused-ring (bicyclic) bond motifs is 4. The van der Waals surface area contributed by atoms with Crippen LogP contribution in [0.2, 0.25) is 0 Å². The van der Waals surface area contributed by atoms with Gasteiger partial charge in [0, 0.05) is 50.0 Å². The summed E-state index contributed by atoms with van der Waals surface area (Å²) in [5.41, 5.74) is 4.23. The monoisotopic (exact) mass is 366 g/mol. The average Bonchev–Trinajstić information content (AvgIpc) is 2.84. The molecule has 0 aliphatic carbocycles. The molecule has 3 aliphatic rings. The van der Waals surface area contributed by atoms with E-state index in [1.165, 1.54) is 68.7 Å². The molecule has 2 aromatic rings. The van der Waals surface area contributed by atoms with E-state index in [-0.39, 0.29) is 0 Å². The number of piperidine rings is 1. The van der Waals surface area contributed by atoms with Crippen molar-refractivity contribution >= 4 is 0 Å². The van der Waals surface area contributed by atoms with Crippen molar-refractivity contribution in [3.63, 3.8) is 0 Å². The normalized spacial score (nSPS) is 23.6. The molecule has 2 bridgehead atoms. The Morgan fingerprint density at radius 1 is 1.07 bits per heavy atom. The molecule has 0 unspecified atom stereocenters. The summed E-state index contributed by atoms with van der Waals surface area (Å²) < 4.78 is 2.13. The van der Waals surface area contributed by atoms with Gasteiger partial charge >= 0.3 is 0 Å². The first-order chi connectivity index (χ1) is 13.2. The summed E-state index contributed by atoms with van der Waals surface area (Å²) in [6, 6.07) is 11.6. The molecule has 0 N–H and O–H groups in total. The van der Waals surface area contributed by atoms with E-state index in [0.717, 1.165) is 19.0 Å². The Balaban J connectivity index is 1.33. The third-order valence-corrected chi connectivity index (χ3v) is 6.56. The van der Waals surface area contributed by atoms with Crippen LogP contribution in [0.15, 0.2) is 36.5 Å². The Hall–Kier alpha value is -1.65. The second kappa shape index (κ2) is 8.57. The predicted molar refractivity (Wildman–Crippen MR) is 111 cm³/mol. The number of benzene rings is 1. The third kappa shape index (κ3) is 4.44. The predicted octanol–water partition coefficient (Wildman–Crippen LogP) is 3.74. The quantitative estimate of drug-likeness (QED) is 0.746. The Morgan fingerprint density at radius 2 is 1.93 bits per heavy atom. The van der Waals surface area contributed by atoms with Crippen molar-refractivity contribution in [1.29, 1.82) is 0 Å². The fourth-order valence-electron chi connectivity index (χ4n) is 4.98. The zero-order valence-electron chi connectivity index (χ0n) is 17.0. The molecule has 0 radical (unpaired) electrons. The van der Waals surface area contributed by atoms with Gasteiger partial charge in [0.05, 0.1) is 6.20 Å². The van der Waals surface area contributed by atoms with Gasteiger partial charge in [-0.3, -0.25) is 9.58 Å². The molecule has 3 saturated heterocycles. The molecular formula is C23H34N4. The topological polar surface area (TPSA) is 24.3 Å². The Morgan fingerprint density at radius 3 is 2.70 bits per heavy atom. The lowest BCUT2D eigenvalue weighted by atomic mass is 9.94. The zero-order valence-corrected chi connectivity index (χ0v) is 17.0. The van der Waals surface area contributed by atoms with Gasteiger partial charge in [-0.25, -0.2) is 0 Å². The van der Waals surface area contributed by atoms with Crippen molar-refractivity contribution in [2.45, 2.75) is 58.7 Å². The highest BCUT2D eigenvalue weighted by atomic mass is 15.3. The van der Waals surface area contributed by atoms with Crippen LogP contribution in [0.25, 0.3) is 0 Å². The summed E-state index contributed by atoms with van der Waals surface area (Å²) in [7, 11) is 0. The number of aryl methyl sites for hydroxylation is 2. The van der Waals surface area contributed by atoms with Crippen molar-refractivity contribution in [1.82, 2.24) is 19.6 Å². The van der Waals surface area contributed by atoms with Gasteiger partial charge in [-0.15, -0.1) is 0 Å². The number of aromatic nitrogens is 2. The molecule has 146 valence electrons. The number of nitrogens with zero attached hydrogens (tertiary/aromatic N) is 4. The van der Waals surface area contributed by atoms with E-state index in [4.69, 9.17) is 0 Å². The fraction of sp³-hybridized carbons (Fsp3) is 0.609. The van der Waals surface area contributed by atoms with E-state index in [1.807, 2.05) is 0 Å². The van der Waals surface area contributed by atoms with Crippen LogP contribution in [0.5, 0.6) is 0 Å². The molecule has 0 amide bonds. The standard InChI is InChI=1S/C23H34N4/c1-3-27-19(2)22(14-24-27)17-26-16-21-11-12-23(26)18-25(15-21)13-7-10-20-8-5-4-6-9-20/h4-6,8-9,14,21,23H,3,7,10-13,15-18H2,1-2H3/t21-,23+/m0/s1. The molecule has 3 aliphatic heterocycles. The summed E-state index contributed by atoms with van der Waals surface area (Å²) in [4.78, 5) is 5.49. The van der Waals surface area contributed by atoms with E-state index in [9.17, 15) is 0 Å². The lowest BCUT2D eigenvalue weighted by molar-refractivity contribution is 0.123. The van der Waals surface area contributed by atoms with Crippen LogP contribution in [0, 0.1) is 12.8 Å². The van der Waals surface area contributed by atoms with Crippen LogP contribution in [0.1, 0.15) is 43.0 Å². The van der Waals surface area contributed by atoms with Crippen LogP contribution >= 0.6 is 0 Å². The second-order valence-electron chi connectivity index (χ2n) is 8.45. The molecule has 1 aromatic carbocycles. The molecule has 3 fully saturated rings. The number of hydrogen-bond acceptors (Lipinski definition) is 3. The average molecular weight is 367 g/mol.